The van der Waals surface area contributed by atoms with Gasteiger partial charge in [0.15, 0.2) is 5.13 Å². The normalized spacial score (nSPS) is 12.1. The molecule has 0 aliphatic heterocycles. The fraction of sp³-hybridized carbons (Fsp3) is 0.353. The third-order valence-electron chi connectivity index (χ3n) is 4.05. The van der Waals surface area contributed by atoms with E-state index in [9.17, 15) is 14.4 Å². The number of carbonyl (C=O) groups is 2. The van der Waals surface area contributed by atoms with Crippen molar-refractivity contribution in [3.05, 3.63) is 37.7 Å². The molecule has 3 aromatic heterocycles. The van der Waals surface area contributed by atoms with E-state index in [1.54, 1.807) is 6.92 Å². The van der Waals surface area contributed by atoms with E-state index in [4.69, 9.17) is 0 Å². The summed E-state index contributed by atoms with van der Waals surface area (Å²) in [7, 11) is 1.29. The molecule has 0 aliphatic rings. The molecule has 0 fully saturated rings. The number of thiophene rings is 1. The van der Waals surface area contributed by atoms with E-state index in [-0.39, 0.29) is 11.5 Å². The lowest BCUT2D eigenvalue weighted by Gasteiger charge is -2.10. The first-order valence-electron chi connectivity index (χ1n) is 8.25. The second-order valence-corrected chi connectivity index (χ2v) is 9.50. The number of methoxy groups -OCH3 is 1. The molecule has 0 saturated heterocycles. The maximum atomic E-state index is 12.3. The second-order valence-electron chi connectivity index (χ2n) is 5.94. The van der Waals surface area contributed by atoms with E-state index in [1.165, 1.54) is 36.4 Å². The van der Waals surface area contributed by atoms with Gasteiger partial charge < -0.3 is 15.0 Å². The van der Waals surface area contributed by atoms with E-state index < -0.39 is 11.2 Å². The molecule has 0 spiro atoms. The minimum absolute atomic E-state index is 0.155. The number of nitrogens with one attached hydrogen (secondary N) is 2. The molecule has 1 atom stereocenters. The summed E-state index contributed by atoms with van der Waals surface area (Å²) in [4.78, 5) is 49.5. The molecular formula is C17H18N4O4S3. The maximum Gasteiger partial charge on any atom is 0.349 e. The molecule has 3 heterocycles. The number of carbonyl (C=O) groups excluding carboxylic acids is 2. The molecule has 0 radical (unpaired) electrons. The van der Waals surface area contributed by atoms with E-state index in [2.05, 4.69) is 25.0 Å². The van der Waals surface area contributed by atoms with Crippen molar-refractivity contribution in [3.63, 3.8) is 0 Å². The standard InChI is InChI=1S/C17H18N4O4S3/c1-7-8(2)27-15-12(7)14(23)19-11(20-15)6-26-9(3)13(22)21-17-18-5-10(28-17)16(24)25-4/h5,9H,6H2,1-4H3,(H,18,21,22)(H,19,20,23). The van der Waals surface area contributed by atoms with E-state index >= 15 is 0 Å². The van der Waals surface area contributed by atoms with E-state index in [1.807, 2.05) is 13.8 Å². The SMILES string of the molecule is COC(=O)c1cnc(NC(=O)C(C)SCc2nc3sc(C)c(C)c3c(=O)[nH]2)s1. The van der Waals surface area contributed by atoms with E-state index in [0.717, 1.165) is 21.8 Å². The number of amides is 1. The molecule has 8 nitrogen and oxygen atoms in total. The molecule has 0 bridgehead atoms. The number of esters is 1. The number of thioether (sulfide) groups is 1. The van der Waals surface area contributed by atoms with Crippen LogP contribution in [0.5, 0.6) is 0 Å². The highest BCUT2D eigenvalue weighted by Crippen LogP contribution is 2.27. The van der Waals surface area contributed by atoms with Crippen molar-refractivity contribution in [2.75, 3.05) is 12.4 Å². The zero-order valence-corrected chi connectivity index (χ0v) is 18.1. The number of anilines is 1. The maximum absolute atomic E-state index is 12.3. The minimum atomic E-state index is -0.495. The molecule has 0 saturated carbocycles. The average molecular weight is 439 g/mol. The zero-order chi connectivity index (χ0) is 20.4. The molecule has 2 N–H and O–H groups in total. The van der Waals surface area contributed by atoms with Crippen molar-refractivity contribution in [2.24, 2.45) is 0 Å². The number of aromatic nitrogens is 3. The van der Waals surface area contributed by atoms with Gasteiger partial charge in [-0.2, -0.15) is 0 Å². The van der Waals surface area contributed by atoms with Crippen molar-refractivity contribution in [1.29, 1.82) is 0 Å². The molecule has 1 unspecified atom stereocenters. The van der Waals surface area contributed by atoms with Crippen molar-refractivity contribution >= 4 is 61.7 Å². The van der Waals surface area contributed by atoms with Gasteiger partial charge in [0.05, 0.1) is 29.7 Å². The molecule has 1 amide bonds. The summed E-state index contributed by atoms with van der Waals surface area (Å²) in [6, 6.07) is 0. The topological polar surface area (TPSA) is 114 Å². The largest absolute Gasteiger partial charge is 0.465 e. The number of nitrogens with zero attached hydrogens (tertiary/aromatic N) is 2. The van der Waals surface area contributed by atoms with Crippen LogP contribution >= 0.6 is 34.4 Å². The Morgan fingerprint density at radius 3 is 2.82 bits per heavy atom. The van der Waals surface area contributed by atoms with Crippen LogP contribution in [0.15, 0.2) is 11.0 Å². The predicted molar refractivity (Wildman–Crippen MR) is 113 cm³/mol. The van der Waals surface area contributed by atoms with Crippen LogP contribution < -0.4 is 10.9 Å². The number of fused-ring (bicyclic) bond motifs is 1. The number of hydrogen-bond donors (Lipinski definition) is 2. The Labute approximate surface area is 172 Å². The van der Waals surface area contributed by atoms with E-state index in [0.29, 0.717) is 31.8 Å². The van der Waals surface area contributed by atoms with Crippen LogP contribution in [0.3, 0.4) is 0 Å². The summed E-state index contributed by atoms with van der Waals surface area (Å²) in [5, 5.41) is 3.24. The van der Waals surface area contributed by atoms with Crippen LogP contribution in [-0.2, 0) is 15.3 Å². The van der Waals surface area contributed by atoms with Gasteiger partial charge in [-0.3, -0.25) is 9.59 Å². The summed E-state index contributed by atoms with van der Waals surface area (Å²) in [5.41, 5.74) is 0.799. The fourth-order valence-electron chi connectivity index (χ4n) is 2.38. The highest BCUT2D eigenvalue weighted by molar-refractivity contribution is 7.99. The lowest BCUT2D eigenvalue weighted by molar-refractivity contribution is -0.115. The molecule has 148 valence electrons. The molecule has 0 aromatic carbocycles. The van der Waals surface area contributed by atoms with Crippen molar-refractivity contribution in [2.45, 2.75) is 31.8 Å². The van der Waals surface area contributed by atoms with Gasteiger partial charge in [0, 0.05) is 4.88 Å². The van der Waals surface area contributed by atoms with Gasteiger partial charge in [0.2, 0.25) is 5.91 Å². The number of hydrogen-bond acceptors (Lipinski definition) is 9. The summed E-state index contributed by atoms with van der Waals surface area (Å²) in [6.07, 6.45) is 1.36. The fourth-order valence-corrected chi connectivity index (χ4v) is 4.92. The van der Waals surface area contributed by atoms with Crippen molar-refractivity contribution in [1.82, 2.24) is 15.0 Å². The summed E-state index contributed by atoms with van der Waals surface area (Å²) in [5.74, 6) is 0.179. The Morgan fingerprint density at radius 1 is 1.36 bits per heavy atom. The average Bonchev–Trinajstić information content (AvgIpc) is 3.23. The molecule has 3 rings (SSSR count). The lowest BCUT2D eigenvalue weighted by Crippen LogP contribution is -2.22. The third kappa shape index (κ3) is 4.26. The quantitative estimate of drug-likeness (QED) is 0.568. The monoisotopic (exact) mass is 438 g/mol. The Kier molecular flexibility index (Phi) is 6.16. The summed E-state index contributed by atoms with van der Waals surface area (Å²) >= 11 is 3.89. The number of ether oxygens (including phenoxy) is 1. The molecule has 28 heavy (non-hydrogen) atoms. The number of aromatic amines is 1. The van der Waals surface area contributed by atoms with Crippen LogP contribution in [0.25, 0.3) is 10.2 Å². The Bertz CT molecular complexity index is 1100. The Balaban J connectivity index is 1.63. The number of thiazole rings is 1. The van der Waals surface area contributed by atoms with Crippen LogP contribution in [0.2, 0.25) is 0 Å². The molecular weight excluding hydrogens is 420 g/mol. The van der Waals surface area contributed by atoms with Crippen LogP contribution in [0.4, 0.5) is 5.13 Å². The van der Waals surface area contributed by atoms with Gasteiger partial charge >= 0.3 is 5.97 Å². The Morgan fingerprint density at radius 2 is 2.11 bits per heavy atom. The van der Waals surface area contributed by atoms with Gasteiger partial charge in [-0.25, -0.2) is 14.8 Å². The van der Waals surface area contributed by atoms with Gasteiger partial charge in [-0.1, -0.05) is 11.3 Å². The number of rotatable bonds is 6. The third-order valence-corrected chi connectivity index (χ3v) is 7.20. The number of H-pyrrole nitrogens is 1. The highest BCUT2D eigenvalue weighted by Gasteiger charge is 2.18. The summed E-state index contributed by atoms with van der Waals surface area (Å²) in [6.45, 7) is 5.63. The molecule has 3 aromatic rings. The second kappa shape index (κ2) is 8.41. The first-order chi connectivity index (χ1) is 13.3. The predicted octanol–water partition coefficient (Wildman–Crippen LogP) is 3.10. The number of aryl methyl sites for hydroxylation is 2. The zero-order valence-electron chi connectivity index (χ0n) is 15.6. The highest BCUT2D eigenvalue weighted by atomic mass is 32.2. The minimum Gasteiger partial charge on any atom is -0.465 e. The first kappa shape index (κ1) is 20.5. The molecule has 11 heteroatoms. The summed E-state index contributed by atoms with van der Waals surface area (Å²) < 4.78 is 4.62. The van der Waals surface area contributed by atoms with Crippen molar-refractivity contribution < 1.29 is 14.3 Å². The first-order valence-corrected chi connectivity index (χ1v) is 10.9. The van der Waals surface area contributed by atoms with Crippen LogP contribution in [-0.4, -0.2) is 39.2 Å². The van der Waals surface area contributed by atoms with Crippen molar-refractivity contribution in [3.8, 4) is 0 Å². The van der Waals surface area contributed by atoms with Crippen LogP contribution in [0, 0.1) is 13.8 Å². The van der Waals surface area contributed by atoms with Gasteiger partial charge in [-0.15, -0.1) is 23.1 Å². The van der Waals surface area contributed by atoms with Crippen LogP contribution in [0.1, 0.15) is 32.9 Å². The van der Waals surface area contributed by atoms with Gasteiger partial charge in [0.25, 0.3) is 5.56 Å². The Hall–Kier alpha value is -2.24. The van der Waals surface area contributed by atoms with Gasteiger partial charge in [0.1, 0.15) is 15.5 Å². The smallest absolute Gasteiger partial charge is 0.349 e. The van der Waals surface area contributed by atoms with Gasteiger partial charge in [-0.05, 0) is 26.3 Å². The molecule has 0 aliphatic carbocycles. The lowest BCUT2D eigenvalue weighted by atomic mass is 10.2.